The zero-order valence-corrected chi connectivity index (χ0v) is 14.3. The maximum absolute atomic E-state index is 13.2. The van der Waals surface area contributed by atoms with Gasteiger partial charge in [-0.05, 0) is 35.7 Å². The van der Waals surface area contributed by atoms with Gasteiger partial charge in [0.05, 0.1) is 24.3 Å². The van der Waals surface area contributed by atoms with E-state index in [0.717, 1.165) is 15.7 Å². The van der Waals surface area contributed by atoms with Crippen LogP contribution in [0.3, 0.4) is 0 Å². The Kier molecular flexibility index (Phi) is 3.54. The molecular weight excluding hydrogens is 384 g/mol. The summed E-state index contributed by atoms with van der Waals surface area (Å²) < 4.78 is 41.9. The molecule has 0 radical (unpaired) electrons. The van der Waals surface area contributed by atoms with Gasteiger partial charge < -0.3 is 14.2 Å². The van der Waals surface area contributed by atoms with Gasteiger partial charge in [-0.25, -0.2) is 0 Å². The fourth-order valence-electron chi connectivity index (χ4n) is 3.17. The van der Waals surface area contributed by atoms with Crippen molar-refractivity contribution in [3.63, 3.8) is 0 Å². The van der Waals surface area contributed by atoms with Crippen LogP contribution in [0, 0.1) is 0 Å². The third-order valence-corrected chi connectivity index (χ3v) is 5.20. The Morgan fingerprint density at radius 1 is 1.12 bits per heavy atom. The lowest BCUT2D eigenvalue weighted by Crippen LogP contribution is -2.51. The molecule has 0 N–H and O–H groups in total. The predicted octanol–water partition coefficient (Wildman–Crippen LogP) is 4.24. The quantitative estimate of drug-likeness (QED) is 0.776. The van der Waals surface area contributed by atoms with Crippen molar-refractivity contribution in [2.75, 3.05) is 13.2 Å². The van der Waals surface area contributed by atoms with Crippen molar-refractivity contribution in [2.45, 2.75) is 24.6 Å². The summed E-state index contributed by atoms with van der Waals surface area (Å²) in [5, 5.41) is 0. The number of ether oxygens (including phenoxy) is 3. The van der Waals surface area contributed by atoms with E-state index in [1.165, 1.54) is 6.07 Å². The smallest absolute Gasteiger partial charge is 0.395 e. The fourth-order valence-corrected chi connectivity index (χ4v) is 3.51. The zero-order chi connectivity index (χ0) is 16.9. The minimum absolute atomic E-state index is 0.0103. The van der Waals surface area contributed by atoms with E-state index in [4.69, 9.17) is 4.74 Å². The number of hydrogen-bond donors (Lipinski definition) is 0. The molecule has 1 atom stereocenters. The zero-order valence-electron chi connectivity index (χ0n) is 12.8. The van der Waals surface area contributed by atoms with Crippen molar-refractivity contribution in [1.82, 2.24) is 4.98 Å². The summed E-state index contributed by atoms with van der Waals surface area (Å²) in [6.45, 7) is 3.10. The highest BCUT2D eigenvalue weighted by Crippen LogP contribution is 2.48. The van der Waals surface area contributed by atoms with Crippen LogP contribution in [0.5, 0.6) is 11.5 Å². The summed E-state index contributed by atoms with van der Waals surface area (Å²) in [5.41, 5.74) is 1.50. The summed E-state index contributed by atoms with van der Waals surface area (Å²) in [4.78, 5) is 4.49. The van der Waals surface area contributed by atoms with Gasteiger partial charge in [0.1, 0.15) is 0 Å². The molecule has 1 unspecified atom stereocenters. The number of hydrogen-bond acceptors (Lipinski definition) is 4. The molecular formula is C17H14BrF2NO3. The first-order chi connectivity index (χ1) is 11.4. The Morgan fingerprint density at radius 3 is 2.54 bits per heavy atom. The summed E-state index contributed by atoms with van der Waals surface area (Å²) in [7, 11) is 0. The molecule has 2 aliphatic rings. The summed E-state index contributed by atoms with van der Waals surface area (Å²) in [5.74, 6) is 0.119. The second-order valence-corrected chi connectivity index (χ2v) is 7.02. The number of fused-ring (bicyclic) bond motifs is 1. The molecule has 3 heterocycles. The molecule has 2 aliphatic heterocycles. The molecule has 0 amide bonds. The van der Waals surface area contributed by atoms with E-state index in [1.54, 1.807) is 18.3 Å². The summed E-state index contributed by atoms with van der Waals surface area (Å²) in [6.07, 6.45) is -1.86. The molecule has 0 bridgehead atoms. The predicted molar refractivity (Wildman–Crippen MR) is 85.5 cm³/mol. The molecule has 0 aliphatic carbocycles. The molecule has 126 valence electrons. The van der Waals surface area contributed by atoms with Gasteiger partial charge in [-0.1, -0.05) is 28.9 Å². The molecule has 1 saturated heterocycles. The van der Waals surface area contributed by atoms with Crippen molar-refractivity contribution >= 4 is 15.9 Å². The first-order valence-electron chi connectivity index (χ1n) is 7.49. The van der Waals surface area contributed by atoms with Crippen LogP contribution in [0.2, 0.25) is 0 Å². The highest BCUT2D eigenvalue weighted by molar-refractivity contribution is 9.10. The standard InChI is InChI=1S/C17H14BrF2NO3/c1-10(11-2-3-13-14(6-11)24-17(19,20)23-13)16(8-22-9-16)15-7-12(18)4-5-21-15/h2-7,10H,8-9H2,1H3. The molecule has 2 aromatic rings. The second-order valence-electron chi connectivity index (χ2n) is 6.10. The van der Waals surface area contributed by atoms with Crippen LogP contribution in [-0.2, 0) is 10.2 Å². The van der Waals surface area contributed by atoms with Crippen LogP contribution in [0.15, 0.2) is 41.0 Å². The molecule has 1 aromatic carbocycles. The van der Waals surface area contributed by atoms with Crippen LogP contribution in [0.4, 0.5) is 8.78 Å². The van der Waals surface area contributed by atoms with Crippen LogP contribution in [-0.4, -0.2) is 24.5 Å². The highest BCUT2D eigenvalue weighted by atomic mass is 79.9. The van der Waals surface area contributed by atoms with Gasteiger partial charge in [0.25, 0.3) is 0 Å². The second kappa shape index (κ2) is 5.39. The number of benzene rings is 1. The molecule has 1 aromatic heterocycles. The monoisotopic (exact) mass is 397 g/mol. The van der Waals surface area contributed by atoms with E-state index in [1.807, 2.05) is 19.1 Å². The summed E-state index contributed by atoms with van der Waals surface area (Å²) in [6, 6.07) is 8.75. The number of pyridine rings is 1. The largest absolute Gasteiger partial charge is 0.586 e. The van der Waals surface area contributed by atoms with Gasteiger partial charge >= 0.3 is 6.29 Å². The van der Waals surface area contributed by atoms with E-state index >= 15 is 0 Å². The average Bonchev–Trinajstić information content (AvgIpc) is 2.78. The van der Waals surface area contributed by atoms with E-state index < -0.39 is 6.29 Å². The minimum Gasteiger partial charge on any atom is -0.395 e. The number of alkyl halides is 2. The molecule has 1 fully saturated rings. The van der Waals surface area contributed by atoms with Crippen LogP contribution >= 0.6 is 15.9 Å². The normalized spacial score (nSPS) is 21.2. The van der Waals surface area contributed by atoms with E-state index in [0.29, 0.717) is 13.2 Å². The van der Waals surface area contributed by atoms with Crippen LogP contribution in [0.1, 0.15) is 24.1 Å². The third-order valence-electron chi connectivity index (χ3n) is 4.71. The number of aromatic nitrogens is 1. The highest BCUT2D eigenvalue weighted by Gasteiger charge is 2.48. The van der Waals surface area contributed by atoms with E-state index in [2.05, 4.69) is 30.4 Å². The van der Waals surface area contributed by atoms with Gasteiger partial charge in [-0.3, -0.25) is 4.98 Å². The number of nitrogens with zero attached hydrogens (tertiary/aromatic N) is 1. The maximum atomic E-state index is 13.2. The molecule has 24 heavy (non-hydrogen) atoms. The van der Waals surface area contributed by atoms with E-state index in [-0.39, 0.29) is 22.8 Å². The van der Waals surface area contributed by atoms with Crippen LogP contribution in [0.25, 0.3) is 0 Å². The van der Waals surface area contributed by atoms with Gasteiger partial charge in [-0.2, -0.15) is 0 Å². The van der Waals surface area contributed by atoms with E-state index in [9.17, 15) is 8.78 Å². The van der Waals surface area contributed by atoms with Crippen molar-refractivity contribution in [1.29, 1.82) is 0 Å². The number of halogens is 3. The Balaban J connectivity index is 1.69. The molecule has 7 heteroatoms. The average molecular weight is 398 g/mol. The van der Waals surface area contributed by atoms with Gasteiger partial charge in [0.2, 0.25) is 0 Å². The van der Waals surface area contributed by atoms with Crippen LogP contribution < -0.4 is 9.47 Å². The molecule has 4 nitrogen and oxygen atoms in total. The molecule has 0 spiro atoms. The number of rotatable bonds is 3. The fraction of sp³-hybridized carbons (Fsp3) is 0.353. The van der Waals surface area contributed by atoms with Crippen molar-refractivity contribution in [3.05, 3.63) is 52.3 Å². The molecule has 4 rings (SSSR count). The first-order valence-corrected chi connectivity index (χ1v) is 8.28. The Morgan fingerprint density at radius 2 is 1.88 bits per heavy atom. The lowest BCUT2D eigenvalue weighted by atomic mass is 9.69. The van der Waals surface area contributed by atoms with Gasteiger partial charge in [-0.15, -0.1) is 8.78 Å². The Bertz CT molecular complexity index is 795. The van der Waals surface area contributed by atoms with Gasteiger partial charge in [0, 0.05) is 10.7 Å². The molecule has 0 saturated carbocycles. The Hall–Kier alpha value is -1.73. The topological polar surface area (TPSA) is 40.6 Å². The third kappa shape index (κ3) is 2.46. The van der Waals surface area contributed by atoms with Crippen molar-refractivity contribution < 1.29 is 23.0 Å². The van der Waals surface area contributed by atoms with Crippen molar-refractivity contribution in [3.8, 4) is 11.5 Å². The Labute approximate surface area is 145 Å². The SMILES string of the molecule is CC(c1ccc2c(c1)OC(F)(F)O2)C1(c2cc(Br)ccn2)COC1. The first kappa shape index (κ1) is 15.8. The van der Waals surface area contributed by atoms with Crippen molar-refractivity contribution in [2.24, 2.45) is 0 Å². The van der Waals surface area contributed by atoms with Gasteiger partial charge in [0.15, 0.2) is 11.5 Å². The lowest BCUT2D eigenvalue weighted by Gasteiger charge is -2.45. The maximum Gasteiger partial charge on any atom is 0.586 e. The summed E-state index contributed by atoms with van der Waals surface area (Å²) >= 11 is 3.47. The lowest BCUT2D eigenvalue weighted by molar-refractivity contribution is -0.286. The minimum atomic E-state index is -3.60.